The zero-order valence-corrected chi connectivity index (χ0v) is 19.4. The molecule has 0 bridgehead atoms. The van der Waals surface area contributed by atoms with Gasteiger partial charge in [-0.25, -0.2) is 0 Å². The minimum atomic E-state index is -0.226. The van der Waals surface area contributed by atoms with Gasteiger partial charge in [-0.3, -0.25) is 9.59 Å². The normalized spacial score (nSPS) is 10.7. The molecule has 2 aromatic carbocycles. The van der Waals surface area contributed by atoms with Gasteiger partial charge in [0, 0.05) is 22.9 Å². The Balaban J connectivity index is 1.57. The number of benzene rings is 2. The summed E-state index contributed by atoms with van der Waals surface area (Å²) >= 11 is 18.9. The highest BCUT2D eigenvalue weighted by atomic mass is 35.5. The van der Waals surface area contributed by atoms with E-state index in [-0.39, 0.29) is 24.0 Å². The summed E-state index contributed by atoms with van der Waals surface area (Å²) < 4.78 is 1.80. The van der Waals surface area contributed by atoms with Crippen LogP contribution in [0.5, 0.6) is 0 Å². The van der Waals surface area contributed by atoms with E-state index in [1.165, 1.54) is 11.8 Å². The zero-order valence-electron chi connectivity index (χ0n) is 16.4. The first-order chi connectivity index (χ1) is 14.9. The lowest BCUT2D eigenvalue weighted by Crippen LogP contribution is -2.18. The topological polar surface area (TPSA) is 88.9 Å². The second-order valence-electron chi connectivity index (χ2n) is 6.34. The first-order valence-corrected chi connectivity index (χ1v) is 11.3. The molecule has 3 aromatic rings. The lowest BCUT2D eigenvalue weighted by atomic mass is 10.3. The molecule has 2 amide bonds. The molecule has 0 unspecified atom stereocenters. The van der Waals surface area contributed by atoms with E-state index in [0.717, 1.165) is 0 Å². The maximum atomic E-state index is 12.3. The Hall–Kier alpha value is -2.26. The van der Waals surface area contributed by atoms with Crippen LogP contribution in [0.4, 0.5) is 11.4 Å². The fourth-order valence-electron chi connectivity index (χ4n) is 2.66. The van der Waals surface area contributed by atoms with Crippen LogP contribution in [0.1, 0.15) is 12.7 Å². The summed E-state index contributed by atoms with van der Waals surface area (Å²) in [5, 5.41) is 15.7. The number of amides is 2. The molecule has 0 radical (unpaired) electrons. The average molecular weight is 499 g/mol. The Kier molecular flexibility index (Phi) is 8.20. The van der Waals surface area contributed by atoms with Crippen molar-refractivity contribution in [1.29, 1.82) is 0 Å². The van der Waals surface area contributed by atoms with E-state index in [1.807, 2.05) is 6.92 Å². The molecule has 0 fully saturated rings. The highest BCUT2D eigenvalue weighted by molar-refractivity contribution is 7.99. The minimum Gasteiger partial charge on any atom is -0.326 e. The van der Waals surface area contributed by atoms with Crippen molar-refractivity contribution < 1.29 is 9.59 Å². The highest BCUT2D eigenvalue weighted by Gasteiger charge is 2.16. The van der Waals surface area contributed by atoms with Gasteiger partial charge in [0.1, 0.15) is 5.82 Å². The SMILES string of the molecule is CCn1c(CC(=O)Nc2ccc(Cl)cc2)nnc1SCC(=O)Nc1ccc(Cl)c(Cl)c1. The van der Waals surface area contributed by atoms with Crippen LogP contribution in [0, 0.1) is 0 Å². The van der Waals surface area contributed by atoms with Gasteiger partial charge in [0.2, 0.25) is 11.8 Å². The summed E-state index contributed by atoms with van der Waals surface area (Å²) in [5.41, 5.74) is 1.20. The number of rotatable bonds is 8. The first-order valence-electron chi connectivity index (χ1n) is 9.21. The Morgan fingerprint density at radius 3 is 2.29 bits per heavy atom. The molecule has 2 N–H and O–H groups in total. The summed E-state index contributed by atoms with van der Waals surface area (Å²) in [6.45, 7) is 2.48. The molecule has 0 spiro atoms. The second kappa shape index (κ2) is 10.9. The predicted octanol–water partition coefficient (Wildman–Crippen LogP) is 5.17. The number of halogens is 3. The van der Waals surface area contributed by atoms with Crippen LogP contribution in [0.2, 0.25) is 15.1 Å². The third-order valence-corrected chi connectivity index (χ3v) is 6.05. The first kappa shape index (κ1) is 23.4. The van der Waals surface area contributed by atoms with Crippen LogP contribution < -0.4 is 10.6 Å². The number of hydrogen-bond acceptors (Lipinski definition) is 5. The van der Waals surface area contributed by atoms with Crippen LogP contribution in [-0.4, -0.2) is 32.3 Å². The fourth-order valence-corrected chi connectivity index (χ4v) is 3.90. The van der Waals surface area contributed by atoms with Crippen LogP contribution in [0.25, 0.3) is 0 Å². The van der Waals surface area contributed by atoms with Crippen LogP contribution in [-0.2, 0) is 22.6 Å². The number of carbonyl (C=O) groups excluding carboxylic acids is 2. The van der Waals surface area contributed by atoms with Crippen LogP contribution in [0.3, 0.4) is 0 Å². The number of aromatic nitrogens is 3. The van der Waals surface area contributed by atoms with Crippen LogP contribution in [0.15, 0.2) is 47.6 Å². The number of thioether (sulfide) groups is 1. The molecule has 0 aliphatic heterocycles. The maximum Gasteiger partial charge on any atom is 0.234 e. The number of hydrogen-bond donors (Lipinski definition) is 2. The van der Waals surface area contributed by atoms with E-state index in [1.54, 1.807) is 47.0 Å². The Morgan fingerprint density at radius 1 is 0.935 bits per heavy atom. The van der Waals surface area contributed by atoms with Crippen molar-refractivity contribution in [3.63, 3.8) is 0 Å². The van der Waals surface area contributed by atoms with Crippen molar-refractivity contribution in [3.8, 4) is 0 Å². The van der Waals surface area contributed by atoms with Crippen molar-refractivity contribution in [2.75, 3.05) is 16.4 Å². The van der Waals surface area contributed by atoms with Gasteiger partial charge >= 0.3 is 0 Å². The molecule has 0 saturated carbocycles. The zero-order chi connectivity index (χ0) is 22.4. The third kappa shape index (κ3) is 6.61. The lowest BCUT2D eigenvalue weighted by molar-refractivity contribution is -0.116. The fraction of sp³-hybridized carbons (Fsp3) is 0.200. The summed E-state index contributed by atoms with van der Waals surface area (Å²) in [4.78, 5) is 24.6. The molecule has 0 aliphatic carbocycles. The van der Waals surface area contributed by atoms with Gasteiger partial charge < -0.3 is 15.2 Å². The number of carbonyl (C=O) groups is 2. The Labute approximate surface area is 198 Å². The number of nitrogens with zero attached hydrogens (tertiary/aromatic N) is 3. The molecular weight excluding hydrogens is 481 g/mol. The van der Waals surface area contributed by atoms with E-state index in [2.05, 4.69) is 20.8 Å². The third-order valence-electron chi connectivity index (χ3n) is 4.09. The second-order valence-corrected chi connectivity index (χ2v) is 8.53. The van der Waals surface area contributed by atoms with Gasteiger partial charge in [-0.1, -0.05) is 46.6 Å². The van der Waals surface area contributed by atoms with Gasteiger partial charge in [-0.05, 0) is 49.4 Å². The van der Waals surface area contributed by atoms with Gasteiger partial charge in [0.25, 0.3) is 0 Å². The molecule has 0 saturated heterocycles. The molecule has 0 atom stereocenters. The summed E-state index contributed by atoms with van der Waals surface area (Å²) in [6, 6.07) is 11.7. The predicted molar refractivity (Wildman–Crippen MR) is 125 cm³/mol. The van der Waals surface area contributed by atoms with Gasteiger partial charge in [-0.2, -0.15) is 0 Å². The van der Waals surface area contributed by atoms with E-state index >= 15 is 0 Å². The van der Waals surface area contributed by atoms with E-state index in [0.29, 0.717) is 44.0 Å². The van der Waals surface area contributed by atoms with Gasteiger partial charge in [0.15, 0.2) is 5.16 Å². The standard InChI is InChI=1S/C20H18Cl3N5O2S/c1-2-28-17(10-18(29)24-13-5-3-12(21)4-6-13)26-27-20(28)31-11-19(30)25-14-7-8-15(22)16(23)9-14/h3-9H,2,10-11H2,1H3,(H,24,29)(H,25,30). The van der Waals surface area contributed by atoms with E-state index in [9.17, 15) is 9.59 Å². The number of anilines is 2. The molecule has 3 rings (SSSR count). The molecule has 7 nitrogen and oxygen atoms in total. The lowest BCUT2D eigenvalue weighted by Gasteiger charge is -2.09. The maximum absolute atomic E-state index is 12.3. The van der Waals surface area contributed by atoms with Crippen molar-refractivity contribution in [3.05, 3.63) is 63.4 Å². The summed E-state index contributed by atoms with van der Waals surface area (Å²) in [7, 11) is 0. The molecule has 0 aliphatic rings. The largest absolute Gasteiger partial charge is 0.326 e. The number of nitrogens with one attached hydrogen (secondary N) is 2. The molecule has 11 heteroatoms. The molecule has 1 aromatic heterocycles. The highest BCUT2D eigenvalue weighted by Crippen LogP contribution is 2.25. The minimum absolute atomic E-state index is 0.0551. The summed E-state index contributed by atoms with van der Waals surface area (Å²) in [6.07, 6.45) is 0.0551. The quantitative estimate of drug-likeness (QED) is 0.418. The Morgan fingerprint density at radius 2 is 1.61 bits per heavy atom. The summed E-state index contributed by atoms with van der Waals surface area (Å²) in [5.74, 6) is 0.186. The van der Waals surface area contributed by atoms with Crippen molar-refractivity contribution in [2.45, 2.75) is 25.0 Å². The van der Waals surface area contributed by atoms with Gasteiger partial charge in [0.05, 0.1) is 22.2 Å². The molecular formula is C20H18Cl3N5O2S. The molecule has 31 heavy (non-hydrogen) atoms. The van der Waals surface area contributed by atoms with Crippen molar-refractivity contribution >= 4 is 69.8 Å². The smallest absolute Gasteiger partial charge is 0.234 e. The molecule has 162 valence electrons. The Bertz CT molecular complexity index is 1090. The average Bonchev–Trinajstić information content (AvgIpc) is 3.12. The van der Waals surface area contributed by atoms with Crippen molar-refractivity contribution in [1.82, 2.24) is 14.8 Å². The van der Waals surface area contributed by atoms with Crippen LogP contribution >= 0.6 is 46.6 Å². The van der Waals surface area contributed by atoms with E-state index in [4.69, 9.17) is 34.8 Å². The molecule has 1 heterocycles. The monoisotopic (exact) mass is 497 g/mol. The van der Waals surface area contributed by atoms with E-state index < -0.39 is 0 Å². The van der Waals surface area contributed by atoms with Crippen molar-refractivity contribution in [2.24, 2.45) is 0 Å². The van der Waals surface area contributed by atoms with Gasteiger partial charge in [-0.15, -0.1) is 10.2 Å².